The maximum absolute atomic E-state index is 13.6. The molecule has 0 aromatic heterocycles. The molecule has 1 saturated heterocycles. The molecule has 7 nitrogen and oxygen atoms in total. The molecule has 164 valence electrons. The molecule has 1 fully saturated rings. The zero-order valence-electron chi connectivity index (χ0n) is 16.2. The van der Waals surface area contributed by atoms with Crippen LogP contribution in [0.4, 0.5) is 18.4 Å². The number of alkyl halides is 1. The third kappa shape index (κ3) is 6.12. The van der Waals surface area contributed by atoms with Crippen molar-refractivity contribution in [1.82, 2.24) is 10.2 Å². The number of nitrogens with one attached hydrogen (secondary N) is 1. The van der Waals surface area contributed by atoms with E-state index >= 15 is 0 Å². The van der Waals surface area contributed by atoms with Gasteiger partial charge < -0.3 is 14.8 Å². The second-order valence-corrected chi connectivity index (χ2v) is 8.25. The van der Waals surface area contributed by atoms with Crippen LogP contribution < -0.4 is 5.32 Å². The third-order valence-electron chi connectivity index (χ3n) is 4.58. The van der Waals surface area contributed by atoms with Crippen molar-refractivity contribution < 1.29 is 32.6 Å². The predicted molar refractivity (Wildman–Crippen MR) is 114 cm³/mol. The zero-order chi connectivity index (χ0) is 22.4. The van der Waals surface area contributed by atoms with Gasteiger partial charge >= 0.3 is 12.2 Å². The minimum atomic E-state index is -1.05. The lowest BCUT2D eigenvalue weighted by Gasteiger charge is -2.23. The van der Waals surface area contributed by atoms with E-state index in [-0.39, 0.29) is 26.2 Å². The van der Waals surface area contributed by atoms with E-state index in [1.54, 1.807) is 12.1 Å². The number of hydrogen-bond acceptors (Lipinski definition) is 5. The maximum Gasteiger partial charge on any atom is 0.417 e. The summed E-state index contributed by atoms with van der Waals surface area (Å²) in [6, 6.07) is 12.3. The first-order valence-corrected chi connectivity index (χ1v) is 10.6. The smallest absolute Gasteiger partial charge is 0.417 e. The number of carbonyl (C=O) groups is 3. The zero-order valence-corrected chi connectivity index (χ0v) is 18.4. The minimum Gasteiger partial charge on any atom is -0.446 e. The molecule has 0 spiro atoms. The van der Waals surface area contributed by atoms with Gasteiger partial charge in [-0.15, -0.1) is 0 Å². The molecule has 3 rings (SSSR count). The Bertz CT molecular complexity index is 960. The van der Waals surface area contributed by atoms with Gasteiger partial charge in [-0.2, -0.15) is 0 Å². The van der Waals surface area contributed by atoms with Gasteiger partial charge in [-0.3, -0.25) is 4.79 Å². The topological polar surface area (TPSA) is 84.9 Å². The van der Waals surface area contributed by atoms with Gasteiger partial charge in [0.1, 0.15) is 17.3 Å². The Labute approximate surface area is 190 Å². The molecule has 0 radical (unpaired) electrons. The van der Waals surface area contributed by atoms with Crippen LogP contribution >= 0.6 is 22.6 Å². The first-order chi connectivity index (χ1) is 14.8. The highest BCUT2D eigenvalue weighted by molar-refractivity contribution is 14.1. The van der Waals surface area contributed by atoms with Gasteiger partial charge in [0, 0.05) is 6.54 Å². The summed E-state index contributed by atoms with van der Waals surface area (Å²) in [6.07, 6.45) is -1.56. The summed E-state index contributed by atoms with van der Waals surface area (Å²) in [5, 5.41) is 2.50. The van der Waals surface area contributed by atoms with Crippen molar-refractivity contribution in [3.63, 3.8) is 0 Å². The largest absolute Gasteiger partial charge is 0.446 e. The van der Waals surface area contributed by atoms with Gasteiger partial charge in [-0.05, 0) is 29.7 Å². The highest BCUT2D eigenvalue weighted by atomic mass is 127. The van der Waals surface area contributed by atoms with Crippen LogP contribution in [0, 0.1) is 17.6 Å². The van der Waals surface area contributed by atoms with Crippen LogP contribution in [0.1, 0.15) is 11.1 Å². The summed E-state index contributed by atoms with van der Waals surface area (Å²) in [4.78, 5) is 38.0. The summed E-state index contributed by atoms with van der Waals surface area (Å²) in [6.45, 7) is -0.0725. The SMILES string of the molecule is O=C(NC[C@H](Cc1ccc(F)c(F)c1)C(=O)N1C(=O)OC[C@H]1I)OCc1ccccc1. The molecule has 1 aliphatic rings. The summed E-state index contributed by atoms with van der Waals surface area (Å²) in [5.41, 5.74) is 1.13. The van der Waals surface area contributed by atoms with Crippen molar-refractivity contribution in [2.75, 3.05) is 13.2 Å². The van der Waals surface area contributed by atoms with E-state index in [0.29, 0.717) is 5.56 Å². The van der Waals surface area contributed by atoms with E-state index in [4.69, 9.17) is 9.47 Å². The number of cyclic esters (lactones) is 1. The number of amides is 3. The molecule has 1 heterocycles. The van der Waals surface area contributed by atoms with Crippen LogP contribution in [0.2, 0.25) is 0 Å². The Morgan fingerprint density at radius 1 is 1.16 bits per heavy atom. The molecular weight excluding hydrogens is 525 g/mol. The van der Waals surface area contributed by atoms with Gasteiger partial charge in [-0.1, -0.05) is 59.0 Å². The lowest BCUT2D eigenvalue weighted by Crippen LogP contribution is -2.45. The van der Waals surface area contributed by atoms with Gasteiger partial charge in [0.25, 0.3) is 0 Å². The third-order valence-corrected chi connectivity index (χ3v) is 5.50. The first kappa shape index (κ1) is 22.9. The average Bonchev–Trinajstić information content (AvgIpc) is 3.10. The molecule has 2 aromatic carbocycles. The molecule has 0 aliphatic carbocycles. The molecule has 0 bridgehead atoms. The van der Waals surface area contributed by atoms with E-state index in [1.165, 1.54) is 6.07 Å². The fourth-order valence-corrected chi connectivity index (χ4v) is 3.68. The number of hydrogen-bond donors (Lipinski definition) is 1. The maximum atomic E-state index is 13.6. The normalized spacial score (nSPS) is 16.5. The Hall–Kier alpha value is -2.76. The van der Waals surface area contributed by atoms with Crippen molar-refractivity contribution in [3.05, 3.63) is 71.3 Å². The van der Waals surface area contributed by atoms with Gasteiger partial charge in [0.2, 0.25) is 5.91 Å². The van der Waals surface area contributed by atoms with E-state index in [0.717, 1.165) is 22.6 Å². The number of carbonyl (C=O) groups excluding carboxylic acids is 3. The molecule has 1 aliphatic heterocycles. The number of nitrogens with zero attached hydrogens (tertiary/aromatic N) is 1. The highest BCUT2D eigenvalue weighted by Crippen LogP contribution is 2.23. The van der Waals surface area contributed by atoms with E-state index in [9.17, 15) is 23.2 Å². The molecule has 1 N–H and O–H groups in total. The quantitative estimate of drug-likeness (QED) is 0.326. The molecule has 2 aromatic rings. The number of ether oxygens (including phenoxy) is 2. The number of imide groups is 1. The van der Waals surface area contributed by atoms with Crippen LogP contribution in [0.5, 0.6) is 0 Å². The number of halogens is 3. The minimum absolute atomic E-state index is 0.0257. The van der Waals surface area contributed by atoms with Crippen molar-refractivity contribution in [1.29, 1.82) is 0 Å². The van der Waals surface area contributed by atoms with Crippen LogP contribution in [0.15, 0.2) is 48.5 Å². The number of rotatable bonds is 7. The van der Waals surface area contributed by atoms with Crippen LogP contribution in [-0.4, -0.2) is 40.2 Å². The summed E-state index contributed by atoms with van der Waals surface area (Å²) < 4.78 is 36.3. The van der Waals surface area contributed by atoms with Gasteiger partial charge in [0.15, 0.2) is 11.6 Å². The van der Waals surface area contributed by atoms with Crippen LogP contribution in [0.3, 0.4) is 0 Å². The van der Waals surface area contributed by atoms with E-state index in [2.05, 4.69) is 5.32 Å². The highest BCUT2D eigenvalue weighted by Gasteiger charge is 2.39. The number of benzene rings is 2. The summed E-state index contributed by atoms with van der Waals surface area (Å²) in [7, 11) is 0. The fourth-order valence-electron chi connectivity index (χ4n) is 3.00. The van der Waals surface area contributed by atoms with Crippen molar-refractivity contribution in [2.24, 2.45) is 5.92 Å². The monoisotopic (exact) mass is 544 g/mol. The molecule has 0 saturated carbocycles. The Morgan fingerprint density at radius 2 is 1.90 bits per heavy atom. The Kier molecular flexibility index (Phi) is 7.77. The van der Waals surface area contributed by atoms with Gasteiger partial charge in [-0.25, -0.2) is 23.3 Å². The summed E-state index contributed by atoms with van der Waals surface area (Å²) >= 11 is 1.90. The standard InChI is InChI=1S/C21H19F2IN2O5/c22-16-7-6-14(9-17(16)23)8-15(19(27)26-18(24)12-31-21(26)29)10-25-20(28)30-11-13-4-2-1-3-5-13/h1-7,9,15,18H,8,10-12H2,(H,25,28)/t15-,18-/m0/s1. The van der Waals surface area contributed by atoms with Crippen LogP contribution in [-0.2, 0) is 27.3 Å². The van der Waals surface area contributed by atoms with E-state index in [1.807, 2.05) is 40.8 Å². The van der Waals surface area contributed by atoms with Crippen molar-refractivity contribution in [2.45, 2.75) is 17.1 Å². The molecular formula is C21H19F2IN2O5. The second kappa shape index (κ2) is 10.5. The molecule has 0 unspecified atom stereocenters. The van der Waals surface area contributed by atoms with Gasteiger partial charge in [0.05, 0.1) is 5.92 Å². The predicted octanol–water partition coefficient (Wildman–Crippen LogP) is 3.79. The van der Waals surface area contributed by atoms with E-state index < -0.39 is 39.7 Å². The van der Waals surface area contributed by atoms with Crippen molar-refractivity contribution >= 4 is 40.7 Å². The Balaban J connectivity index is 1.67. The Morgan fingerprint density at radius 3 is 2.55 bits per heavy atom. The lowest BCUT2D eigenvalue weighted by atomic mass is 9.97. The number of alkyl carbamates (subject to hydrolysis) is 1. The molecule has 3 amide bonds. The first-order valence-electron chi connectivity index (χ1n) is 9.37. The molecule has 31 heavy (non-hydrogen) atoms. The second-order valence-electron chi connectivity index (χ2n) is 6.81. The molecule has 2 atom stereocenters. The van der Waals surface area contributed by atoms with Crippen LogP contribution in [0.25, 0.3) is 0 Å². The summed E-state index contributed by atoms with van der Waals surface area (Å²) in [5.74, 6) is -3.57. The average molecular weight is 544 g/mol. The lowest BCUT2D eigenvalue weighted by molar-refractivity contribution is -0.132. The van der Waals surface area contributed by atoms with Crippen molar-refractivity contribution in [3.8, 4) is 0 Å². The molecule has 10 heteroatoms. The fraction of sp³-hybridized carbons (Fsp3) is 0.286.